The molecule has 3 heterocycles. The third kappa shape index (κ3) is 5.13. The Labute approximate surface area is 226 Å². The van der Waals surface area contributed by atoms with E-state index in [9.17, 15) is 9.59 Å². The second-order valence-corrected chi connectivity index (χ2v) is 9.93. The van der Waals surface area contributed by atoms with E-state index in [0.717, 1.165) is 39.1 Å². The van der Waals surface area contributed by atoms with Gasteiger partial charge in [0.05, 0.1) is 25.0 Å². The van der Waals surface area contributed by atoms with Crippen LogP contribution >= 0.6 is 0 Å². The van der Waals surface area contributed by atoms with E-state index in [2.05, 4.69) is 20.2 Å². The second kappa shape index (κ2) is 10.5. The number of hydrogen-bond acceptors (Lipinski definition) is 4. The van der Waals surface area contributed by atoms with E-state index in [1.165, 1.54) is 0 Å². The zero-order valence-electron chi connectivity index (χ0n) is 21.8. The fourth-order valence-electron chi connectivity index (χ4n) is 5.26. The normalized spacial score (nSPS) is 13.3. The first-order chi connectivity index (χ1) is 19.0. The summed E-state index contributed by atoms with van der Waals surface area (Å²) in [5.74, 6) is -0.0562. The van der Waals surface area contributed by atoms with Crippen LogP contribution < -0.4 is 10.2 Å². The lowest BCUT2D eigenvalue weighted by Crippen LogP contribution is -2.35. The van der Waals surface area contributed by atoms with Crippen LogP contribution in [0.4, 0.5) is 11.4 Å². The molecule has 8 nitrogen and oxygen atoms in total. The summed E-state index contributed by atoms with van der Waals surface area (Å²) in [6.45, 7) is 2.31. The van der Waals surface area contributed by atoms with Gasteiger partial charge in [0.25, 0.3) is 5.91 Å². The van der Waals surface area contributed by atoms with Gasteiger partial charge in [-0.3, -0.25) is 9.59 Å². The number of benzene rings is 3. The standard InChI is InChI=1S/C31H30N6O2/c1-35-13-5-8-26(35)17-30(38)34-24-12-11-23-19-37(15-14-36(29(23)16-24)20-25-18-32-21-33-25)31(39)28-10-4-7-22-6-2-3-9-27(22)28/h2-13,16,18,21H,14-15,17,19-20H2,1H3,(H,32,33)(H,34,38). The Morgan fingerprint density at radius 2 is 1.87 bits per heavy atom. The highest BCUT2D eigenvalue weighted by Crippen LogP contribution is 2.31. The molecule has 8 heteroatoms. The first kappa shape index (κ1) is 24.5. The van der Waals surface area contributed by atoms with Crippen LogP contribution in [0.15, 0.2) is 91.5 Å². The Kier molecular flexibility index (Phi) is 6.59. The first-order valence-electron chi connectivity index (χ1n) is 13.1. The summed E-state index contributed by atoms with van der Waals surface area (Å²) in [6.07, 6.45) is 5.72. The van der Waals surface area contributed by atoms with Gasteiger partial charge in [-0.25, -0.2) is 4.98 Å². The molecule has 2 amide bonds. The quantitative estimate of drug-likeness (QED) is 0.340. The average molecular weight is 519 g/mol. The number of hydrogen-bond donors (Lipinski definition) is 2. The van der Waals surface area contributed by atoms with Crippen molar-refractivity contribution in [1.29, 1.82) is 0 Å². The maximum Gasteiger partial charge on any atom is 0.254 e. The third-order valence-electron chi connectivity index (χ3n) is 7.33. The highest BCUT2D eigenvalue weighted by Gasteiger charge is 2.25. The van der Waals surface area contributed by atoms with Crippen molar-refractivity contribution in [3.63, 3.8) is 0 Å². The summed E-state index contributed by atoms with van der Waals surface area (Å²) in [6, 6.07) is 23.7. The van der Waals surface area contributed by atoms with Gasteiger partial charge in [-0.05, 0) is 46.7 Å². The Bertz CT molecular complexity index is 1630. The number of fused-ring (bicyclic) bond motifs is 2. The summed E-state index contributed by atoms with van der Waals surface area (Å²) < 4.78 is 1.95. The van der Waals surface area contributed by atoms with E-state index in [0.29, 0.717) is 38.2 Å². The van der Waals surface area contributed by atoms with E-state index in [-0.39, 0.29) is 11.8 Å². The monoisotopic (exact) mass is 518 g/mol. The van der Waals surface area contributed by atoms with Crippen LogP contribution in [0.1, 0.15) is 27.3 Å². The van der Waals surface area contributed by atoms with Crippen LogP contribution in [0.3, 0.4) is 0 Å². The summed E-state index contributed by atoms with van der Waals surface area (Å²) in [5, 5.41) is 5.07. The SMILES string of the molecule is Cn1cccc1CC(=O)Nc1ccc2c(c1)N(Cc1cnc[nH]1)CCN(C(=O)c1cccc3ccccc13)C2. The minimum atomic E-state index is -0.0711. The van der Waals surface area contributed by atoms with Gasteiger partial charge in [-0.15, -0.1) is 0 Å². The van der Waals surface area contributed by atoms with Crippen LogP contribution in [0, 0.1) is 0 Å². The van der Waals surface area contributed by atoms with E-state index in [1.54, 1.807) is 6.33 Å². The number of aryl methyl sites for hydroxylation is 1. The molecule has 0 bridgehead atoms. The number of nitrogens with zero attached hydrogens (tertiary/aromatic N) is 4. The highest BCUT2D eigenvalue weighted by molar-refractivity contribution is 6.07. The fraction of sp³-hybridized carbons (Fsp3) is 0.194. The molecule has 2 aromatic heterocycles. The summed E-state index contributed by atoms with van der Waals surface area (Å²) in [4.78, 5) is 38.2. The van der Waals surface area contributed by atoms with Crippen molar-refractivity contribution in [3.8, 4) is 0 Å². The molecule has 0 aliphatic carbocycles. The minimum Gasteiger partial charge on any atom is -0.364 e. The Balaban J connectivity index is 1.29. The van der Waals surface area contributed by atoms with Crippen molar-refractivity contribution in [3.05, 3.63) is 114 Å². The number of H-pyrrole nitrogens is 1. The number of nitrogens with one attached hydrogen (secondary N) is 2. The van der Waals surface area contributed by atoms with Crippen molar-refractivity contribution in [2.75, 3.05) is 23.3 Å². The van der Waals surface area contributed by atoms with Gasteiger partial charge in [-0.1, -0.05) is 42.5 Å². The van der Waals surface area contributed by atoms with Gasteiger partial charge in [0.2, 0.25) is 5.91 Å². The lowest BCUT2D eigenvalue weighted by Gasteiger charge is -2.25. The third-order valence-corrected chi connectivity index (χ3v) is 7.33. The lowest BCUT2D eigenvalue weighted by atomic mass is 10.0. The first-order valence-corrected chi connectivity index (χ1v) is 13.1. The molecule has 0 atom stereocenters. The molecule has 5 aromatic rings. The smallest absolute Gasteiger partial charge is 0.254 e. The van der Waals surface area contributed by atoms with E-state index in [1.807, 2.05) is 102 Å². The van der Waals surface area contributed by atoms with Crippen molar-refractivity contribution in [1.82, 2.24) is 19.4 Å². The van der Waals surface area contributed by atoms with Gasteiger partial charge < -0.3 is 24.7 Å². The number of aromatic amines is 1. The average Bonchev–Trinajstić information content (AvgIpc) is 3.57. The molecule has 1 aliphatic heterocycles. The molecule has 1 aliphatic rings. The molecule has 0 fully saturated rings. The summed E-state index contributed by atoms with van der Waals surface area (Å²) in [7, 11) is 1.93. The van der Waals surface area contributed by atoms with Gasteiger partial charge in [0.1, 0.15) is 0 Å². The molecule has 2 N–H and O–H groups in total. The van der Waals surface area contributed by atoms with Crippen LogP contribution in [0.5, 0.6) is 0 Å². The molecule has 0 saturated carbocycles. The van der Waals surface area contributed by atoms with Crippen molar-refractivity contribution in [2.45, 2.75) is 19.5 Å². The van der Waals surface area contributed by atoms with E-state index in [4.69, 9.17) is 0 Å². The maximum absolute atomic E-state index is 13.8. The van der Waals surface area contributed by atoms with Gasteiger partial charge in [-0.2, -0.15) is 0 Å². The van der Waals surface area contributed by atoms with Crippen molar-refractivity contribution >= 4 is 34.0 Å². The highest BCUT2D eigenvalue weighted by atomic mass is 16.2. The minimum absolute atomic E-state index is 0.0149. The van der Waals surface area contributed by atoms with Gasteiger partial charge in [0, 0.05) is 61.7 Å². The number of imidazole rings is 1. The maximum atomic E-state index is 13.8. The zero-order chi connectivity index (χ0) is 26.8. The molecule has 3 aromatic carbocycles. The van der Waals surface area contributed by atoms with E-state index >= 15 is 0 Å². The number of carbonyl (C=O) groups excluding carboxylic acids is 2. The molecular formula is C31H30N6O2. The molecule has 196 valence electrons. The van der Waals surface area contributed by atoms with Crippen molar-refractivity contribution < 1.29 is 9.59 Å². The number of aromatic nitrogens is 3. The molecule has 0 saturated heterocycles. The zero-order valence-corrected chi connectivity index (χ0v) is 21.8. The number of rotatable bonds is 6. The topological polar surface area (TPSA) is 86.3 Å². The molecule has 0 unspecified atom stereocenters. The number of anilines is 2. The molecule has 6 rings (SSSR count). The largest absolute Gasteiger partial charge is 0.364 e. The van der Waals surface area contributed by atoms with Crippen molar-refractivity contribution in [2.24, 2.45) is 7.05 Å². The van der Waals surface area contributed by atoms with Crippen LogP contribution in [0.2, 0.25) is 0 Å². The summed E-state index contributed by atoms with van der Waals surface area (Å²) in [5.41, 5.74) is 5.40. The second-order valence-electron chi connectivity index (χ2n) is 9.93. The van der Waals surface area contributed by atoms with Crippen LogP contribution in [0.25, 0.3) is 10.8 Å². The van der Waals surface area contributed by atoms with Gasteiger partial charge >= 0.3 is 0 Å². The summed E-state index contributed by atoms with van der Waals surface area (Å²) >= 11 is 0. The van der Waals surface area contributed by atoms with E-state index < -0.39 is 0 Å². The van der Waals surface area contributed by atoms with Crippen LogP contribution in [-0.4, -0.2) is 44.3 Å². The molecule has 39 heavy (non-hydrogen) atoms. The Hall–Kier alpha value is -4.85. The predicted molar refractivity (Wildman–Crippen MR) is 153 cm³/mol. The van der Waals surface area contributed by atoms with Gasteiger partial charge in [0.15, 0.2) is 0 Å². The molecular weight excluding hydrogens is 488 g/mol. The molecule has 0 radical (unpaired) electrons. The molecule has 0 spiro atoms. The lowest BCUT2D eigenvalue weighted by molar-refractivity contribution is -0.115. The Morgan fingerprint density at radius 3 is 2.69 bits per heavy atom. The fourth-order valence-corrected chi connectivity index (χ4v) is 5.26. The van der Waals surface area contributed by atoms with Crippen LogP contribution in [-0.2, 0) is 31.4 Å². The number of carbonyl (C=O) groups is 2. The predicted octanol–water partition coefficient (Wildman–Crippen LogP) is 4.75. The Morgan fingerprint density at radius 1 is 1.00 bits per heavy atom. The number of amides is 2.